The highest BCUT2D eigenvalue weighted by Gasteiger charge is 2.32. The van der Waals surface area contributed by atoms with Gasteiger partial charge in [0.2, 0.25) is 0 Å². The topological polar surface area (TPSA) is 20.2 Å². The van der Waals surface area contributed by atoms with Crippen LogP contribution in [0.4, 0.5) is 0 Å². The van der Waals surface area contributed by atoms with Crippen LogP contribution in [-0.4, -0.2) is 5.11 Å². The quantitative estimate of drug-likeness (QED) is 0.270. The predicted octanol–water partition coefficient (Wildman–Crippen LogP) is 10.9. The summed E-state index contributed by atoms with van der Waals surface area (Å²) in [5.41, 5.74) is 8.82. The van der Waals surface area contributed by atoms with Crippen molar-refractivity contribution in [1.29, 1.82) is 0 Å². The summed E-state index contributed by atoms with van der Waals surface area (Å²) in [5.74, 6) is 1.92. The first-order chi connectivity index (χ1) is 19.2. The molecule has 40 heavy (non-hydrogen) atoms. The number of phenols is 1. The van der Waals surface area contributed by atoms with Crippen LogP contribution >= 0.6 is 0 Å². The van der Waals surface area contributed by atoms with Gasteiger partial charge in [0.05, 0.1) is 0 Å². The third-order valence-electron chi connectivity index (χ3n) is 7.42. The zero-order chi connectivity index (χ0) is 29.1. The summed E-state index contributed by atoms with van der Waals surface area (Å²) < 4.78 is 0. The molecular formula is C39H50O. The maximum absolute atomic E-state index is 9.81. The number of rotatable bonds is 5. The third-order valence-corrected chi connectivity index (χ3v) is 7.42. The van der Waals surface area contributed by atoms with Crippen molar-refractivity contribution in [1.82, 2.24) is 0 Å². The molecule has 0 saturated carbocycles. The summed E-state index contributed by atoms with van der Waals surface area (Å²) in [6.07, 6.45) is 4.54. The monoisotopic (exact) mass is 534 g/mol. The number of aryl methyl sites for hydroxylation is 1. The Morgan fingerprint density at radius 3 is 1.88 bits per heavy atom. The van der Waals surface area contributed by atoms with Crippen molar-refractivity contribution in [3.05, 3.63) is 137 Å². The minimum absolute atomic E-state index is 0.308. The lowest BCUT2D eigenvalue weighted by molar-refractivity contribution is 0.320. The Kier molecular flexibility index (Phi) is 11.6. The molecule has 2 atom stereocenters. The molecule has 0 radical (unpaired) electrons. The van der Waals surface area contributed by atoms with Crippen LogP contribution in [0.2, 0.25) is 0 Å². The highest BCUT2D eigenvalue weighted by atomic mass is 16.3. The van der Waals surface area contributed by atoms with Crippen LogP contribution in [0.5, 0.6) is 5.75 Å². The molecule has 0 saturated heterocycles. The van der Waals surface area contributed by atoms with Crippen LogP contribution in [0.15, 0.2) is 103 Å². The molecule has 1 N–H and O–H groups in total. The van der Waals surface area contributed by atoms with Crippen LogP contribution in [0.25, 0.3) is 0 Å². The van der Waals surface area contributed by atoms with Gasteiger partial charge in [-0.25, -0.2) is 0 Å². The molecule has 0 spiro atoms. The van der Waals surface area contributed by atoms with Gasteiger partial charge in [-0.15, -0.1) is 0 Å². The molecule has 4 aromatic carbocycles. The second kappa shape index (κ2) is 14.9. The van der Waals surface area contributed by atoms with Crippen molar-refractivity contribution < 1.29 is 5.11 Å². The van der Waals surface area contributed by atoms with Gasteiger partial charge in [0.15, 0.2) is 0 Å². The molecule has 0 amide bonds. The Morgan fingerprint density at radius 1 is 0.725 bits per heavy atom. The first-order valence-corrected chi connectivity index (χ1v) is 15.2. The smallest absolute Gasteiger partial charge is 0.115 e. The molecule has 1 aliphatic rings. The fraction of sp³-hybridized carbons (Fsp3) is 0.385. The fourth-order valence-electron chi connectivity index (χ4n) is 6.19. The summed E-state index contributed by atoms with van der Waals surface area (Å²) >= 11 is 0. The van der Waals surface area contributed by atoms with Crippen LogP contribution in [0.1, 0.15) is 107 Å². The van der Waals surface area contributed by atoms with Gasteiger partial charge >= 0.3 is 0 Å². The van der Waals surface area contributed by atoms with E-state index in [1.807, 2.05) is 26.0 Å². The Bertz CT molecular complexity index is 1260. The highest BCUT2D eigenvalue weighted by molar-refractivity contribution is 5.47. The molecule has 2 unspecified atom stereocenters. The van der Waals surface area contributed by atoms with E-state index in [2.05, 4.69) is 126 Å². The number of phenolic OH excluding ortho intramolecular Hbond substituents is 1. The Balaban J connectivity index is 0.000000383. The summed E-state index contributed by atoms with van der Waals surface area (Å²) in [4.78, 5) is 0. The van der Waals surface area contributed by atoms with Crippen LogP contribution in [0, 0.1) is 11.3 Å². The highest BCUT2D eigenvalue weighted by Crippen LogP contribution is 2.46. The summed E-state index contributed by atoms with van der Waals surface area (Å²) in [5, 5.41) is 9.81. The van der Waals surface area contributed by atoms with E-state index in [-0.39, 0.29) is 0 Å². The van der Waals surface area contributed by atoms with E-state index in [1.165, 1.54) is 39.8 Å². The SMILES string of the molecule is CC.CC(C)CC(C)(C)C.Oc1ccc(C2c3ccc(Cc4ccccc4)cc3CCC2c2ccccc2)cc1. The molecule has 4 aromatic rings. The lowest BCUT2D eigenvalue weighted by atomic mass is 9.69. The van der Waals surface area contributed by atoms with Gasteiger partial charge < -0.3 is 5.11 Å². The summed E-state index contributed by atoms with van der Waals surface area (Å²) in [6.45, 7) is 15.4. The predicted molar refractivity (Wildman–Crippen MR) is 173 cm³/mol. The normalized spacial score (nSPS) is 16.2. The molecule has 212 valence electrons. The van der Waals surface area contributed by atoms with Gasteiger partial charge in [-0.3, -0.25) is 0 Å². The Labute approximate surface area is 244 Å². The summed E-state index contributed by atoms with van der Waals surface area (Å²) in [7, 11) is 0. The van der Waals surface area contributed by atoms with Crippen molar-refractivity contribution >= 4 is 0 Å². The fourth-order valence-corrected chi connectivity index (χ4v) is 6.19. The van der Waals surface area contributed by atoms with E-state index in [4.69, 9.17) is 0 Å². The average molecular weight is 535 g/mol. The molecule has 1 aliphatic carbocycles. The molecule has 0 heterocycles. The first-order valence-electron chi connectivity index (χ1n) is 15.2. The van der Waals surface area contributed by atoms with Crippen molar-refractivity contribution in [2.24, 2.45) is 11.3 Å². The van der Waals surface area contributed by atoms with Crippen LogP contribution < -0.4 is 0 Å². The Hall–Kier alpha value is -3.32. The van der Waals surface area contributed by atoms with Crippen molar-refractivity contribution in [2.75, 3.05) is 0 Å². The minimum Gasteiger partial charge on any atom is -0.508 e. The van der Waals surface area contributed by atoms with Crippen LogP contribution in [-0.2, 0) is 12.8 Å². The zero-order valence-corrected chi connectivity index (χ0v) is 25.8. The first kappa shape index (κ1) is 31.2. The van der Waals surface area contributed by atoms with E-state index < -0.39 is 0 Å². The zero-order valence-electron chi connectivity index (χ0n) is 25.8. The number of fused-ring (bicyclic) bond motifs is 1. The third kappa shape index (κ3) is 9.12. The van der Waals surface area contributed by atoms with Gasteiger partial charge in [0, 0.05) is 5.92 Å². The second-order valence-corrected chi connectivity index (χ2v) is 12.5. The van der Waals surface area contributed by atoms with Gasteiger partial charge in [-0.05, 0) is 88.4 Å². The molecule has 0 aromatic heterocycles. The molecular weight excluding hydrogens is 484 g/mol. The standard InChI is InChI=1S/C29H26O.C8H18.C2H6/c30-26-15-12-24(13-16-26)29-27(23-9-5-2-6-10-23)18-14-25-20-22(11-17-28(25)29)19-21-7-3-1-4-8-21;1-7(2)6-8(3,4)5;1-2/h1-13,15-17,20,27,29-30H,14,18-19H2;7H,6H2,1-5H3;1-2H3. The minimum atomic E-state index is 0.308. The van der Waals surface area contributed by atoms with E-state index in [0.717, 1.165) is 25.2 Å². The second-order valence-electron chi connectivity index (χ2n) is 12.5. The number of benzene rings is 4. The molecule has 0 bridgehead atoms. The van der Waals surface area contributed by atoms with Crippen molar-refractivity contribution in [3.8, 4) is 5.75 Å². The van der Waals surface area contributed by atoms with E-state index in [9.17, 15) is 5.11 Å². The lowest BCUT2D eigenvalue weighted by Gasteiger charge is -2.35. The molecule has 1 nitrogen and oxygen atoms in total. The number of hydrogen-bond acceptors (Lipinski definition) is 1. The van der Waals surface area contributed by atoms with E-state index in [1.54, 1.807) is 0 Å². The molecule has 0 fully saturated rings. The summed E-state index contributed by atoms with van der Waals surface area (Å²) in [6, 6.07) is 36.4. The molecule has 0 aliphatic heterocycles. The van der Waals surface area contributed by atoms with E-state index >= 15 is 0 Å². The molecule has 1 heteroatoms. The van der Waals surface area contributed by atoms with Crippen molar-refractivity contribution in [2.45, 2.75) is 86.0 Å². The van der Waals surface area contributed by atoms with Gasteiger partial charge in [0.25, 0.3) is 0 Å². The lowest BCUT2D eigenvalue weighted by Crippen LogP contribution is -2.20. The maximum Gasteiger partial charge on any atom is 0.115 e. The van der Waals surface area contributed by atoms with Gasteiger partial charge in [-0.2, -0.15) is 0 Å². The van der Waals surface area contributed by atoms with E-state index in [0.29, 0.717) is 23.0 Å². The maximum atomic E-state index is 9.81. The van der Waals surface area contributed by atoms with Gasteiger partial charge in [0.1, 0.15) is 5.75 Å². The number of hydrogen-bond donors (Lipinski definition) is 1. The largest absolute Gasteiger partial charge is 0.508 e. The molecule has 5 rings (SSSR count). The van der Waals surface area contributed by atoms with Gasteiger partial charge in [-0.1, -0.05) is 139 Å². The van der Waals surface area contributed by atoms with Crippen LogP contribution in [0.3, 0.4) is 0 Å². The average Bonchev–Trinajstić information content (AvgIpc) is 2.94. The number of aromatic hydroxyl groups is 1. The van der Waals surface area contributed by atoms with Crippen molar-refractivity contribution in [3.63, 3.8) is 0 Å². The Morgan fingerprint density at radius 2 is 1.32 bits per heavy atom.